The average Bonchev–Trinajstić information content (AvgIpc) is 2.18. The normalized spacial score (nSPS) is 28.5. The van der Waals surface area contributed by atoms with Crippen molar-refractivity contribution in [2.75, 3.05) is 13.2 Å². The summed E-state index contributed by atoms with van der Waals surface area (Å²) in [6, 6.07) is 0. The quantitative estimate of drug-likeness (QED) is 0.674. The smallest absolute Gasteiger partial charge is 0.309 e. The summed E-state index contributed by atoms with van der Waals surface area (Å²) < 4.78 is 5.02. The molecule has 2 N–H and O–H groups in total. The molecule has 1 fully saturated rings. The van der Waals surface area contributed by atoms with E-state index in [-0.39, 0.29) is 11.9 Å². The van der Waals surface area contributed by atoms with Gasteiger partial charge < -0.3 is 10.5 Å². The second kappa shape index (κ2) is 5.22. The predicted molar refractivity (Wildman–Crippen MR) is 51.1 cm³/mol. The number of hydrogen-bond donors (Lipinski definition) is 1. The first kappa shape index (κ1) is 10.5. The van der Waals surface area contributed by atoms with Gasteiger partial charge in [0.15, 0.2) is 0 Å². The van der Waals surface area contributed by atoms with Crippen molar-refractivity contribution in [2.45, 2.75) is 32.6 Å². The second-order valence-electron chi connectivity index (χ2n) is 3.64. The van der Waals surface area contributed by atoms with E-state index in [2.05, 4.69) is 0 Å². The molecule has 1 saturated carbocycles. The molecular formula is C10H19NO2. The summed E-state index contributed by atoms with van der Waals surface area (Å²) in [5.41, 5.74) is 5.62. The maximum atomic E-state index is 11.5. The molecule has 76 valence electrons. The van der Waals surface area contributed by atoms with E-state index in [4.69, 9.17) is 10.5 Å². The molecule has 1 aliphatic rings. The van der Waals surface area contributed by atoms with Crippen molar-refractivity contribution in [3.05, 3.63) is 0 Å². The van der Waals surface area contributed by atoms with E-state index in [1.807, 2.05) is 6.92 Å². The Hall–Kier alpha value is -0.570. The number of rotatable bonds is 3. The van der Waals surface area contributed by atoms with Crippen LogP contribution in [0.1, 0.15) is 32.6 Å². The van der Waals surface area contributed by atoms with Gasteiger partial charge in [0, 0.05) is 0 Å². The third-order valence-electron chi connectivity index (χ3n) is 2.80. The number of carbonyl (C=O) groups excluding carboxylic acids is 1. The highest BCUT2D eigenvalue weighted by Crippen LogP contribution is 2.30. The van der Waals surface area contributed by atoms with Crippen molar-refractivity contribution in [2.24, 2.45) is 17.6 Å². The average molecular weight is 185 g/mol. The van der Waals surface area contributed by atoms with Gasteiger partial charge in [0.05, 0.1) is 12.5 Å². The lowest BCUT2D eigenvalue weighted by Gasteiger charge is -2.28. The maximum Gasteiger partial charge on any atom is 0.309 e. The van der Waals surface area contributed by atoms with Crippen LogP contribution in [-0.2, 0) is 9.53 Å². The fourth-order valence-electron chi connectivity index (χ4n) is 2.05. The van der Waals surface area contributed by atoms with Gasteiger partial charge in [-0.2, -0.15) is 0 Å². The van der Waals surface area contributed by atoms with Crippen molar-refractivity contribution in [3.8, 4) is 0 Å². The minimum Gasteiger partial charge on any atom is -0.466 e. The molecule has 0 saturated heterocycles. The zero-order valence-electron chi connectivity index (χ0n) is 8.29. The molecule has 0 amide bonds. The molecule has 0 aromatic rings. The van der Waals surface area contributed by atoms with E-state index >= 15 is 0 Å². The predicted octanol–water partition coefficient (Wildman–Crippen LogP) is 1.31. The lowest BCUT2D eigenvalue weighted by molar-refractivity contribution is -0.151. The Morgan fingerprint density at radius 3 is 2.77 bits per heavy atom. The van der Waals surface area contributed by atoms with Crippen molar-refractivity contribution in [1.82, 2.24) is 0 Å². The number of ether oxygens (including phenoxy) is 1. The molecule has 2 atom stereocenters. The molecule has 0 heterocycles. The fourth-order valence-corrected chi connectivity index (χ4v) is 2.05. The summed E-state index contributed by atoms with van der Waals surface area (Å²) in [5, 5.41) is 0. The van der Waals surface area contributed by atoms with E-state index in [0.29, 0.717) is 19.1 Å². The van der Waals surface area contributed by atoms with Crippen molar-refractivity contribution < 1.29 is 9.53 Å². The Morgan fingerprint density at radius 1 is 1.46 bits per heavy atom. The van der Waals surface area contributed by atoms with E-state index < -0.39 is 0 Å². The SMILES string of the molecule is CCOC(=O)[C@H]1CCCC[C@H]1CN. The molecule has 0 unspecified atom stereocenters. The molecule has 1 aliphatic carbocycles. The maximum absolute atomic E-state index is 11.5. The Bertz CT molecular complexity index is 170. The highest BCUT2D eigenvalue weighted by molar-refractivity contribution is 5.72. The number of nitrogens with two attached hydrogens (primary N) is 1. The summed E-state index contributed by atoms with van der Waals surface area (Å²) in [5.74, 6) is 0.379. The van der Waals surface area contributed by atoms with Crippen molar-refractivity contribution in [1.29, 1.82) is 0 Å². The summed E-state index contributed by atoms with van der Waals surface area (Å²) in [7, 11) is 0. The van der Waals surface area contributed by atoms with Crippen LogP contribution < -0.4 is 5.73 Å². The van der Waals surface area contributed by atoms with Crippen molar-refractivity contribution in [3.63, 3.8) is 0 Å². The molecule has 0 aromatic heterocycles. The van der Waals surface area contributed by atoms with Crippen LogP contribution in [-0.4, -0.2) is 19.1 Å². The monoisotopic (exact) mass is 185 g/mol. The van der Waals surface area contributed by atoms with Crippen LogP contribution in [0.5, 0.6) is 0 Å². The Labute approximate surface area is 79.6 Å². The second-order valence-corrected chi connectivity index (χ2v) is 3.64. The van der Waals surface area contributed by atoms with E-state index in [9.17, 15) is 4.79 Å². The van der Waals surface area contributed by atoms with Gasteiger partial charge in [-0.1, -0.05) is 12.8 Å². The third-order valence-corrected chi connectivity index (χ3v) is 2.80. The largest absolute Gasteiger partial charge is 0.466 e. The molecule has 13 heavy (non-hydrogen) atoms. The molecule has 3 nitrogen and oxygen atoms in total. The first-order chi connectivity index (χ1) is 6.29. The molecule has 0 radical (unpaired) electrons. The lowest BCUT2D eigenvalue weighted by Crippen LogP contribution is -2.33. The third kappa shape index (κ3) is 2.69. The topological polar surface area (TPSA) is 52.3 Å². The standard InChI is InChI=1S/C10H19NO2/c1-2-13-10(12)9-6-4-3-5-8(9)7-11/h8-9H,2-7,11H2,1H3/t8-,9-/m0/s1. The Balaban J connectivity index is 2.48. The minimum absolute atomic E-state index is 0.0438. The van der Waals surface area contributed by atoms with Gasteiger partial charge in [0.2, 0.25) is 0 Å². The first-order valence-corrected chi connectivity index (χ1v) is 5.16. The molecule has 0 bridgehead atoms. The van der Waals surface area contributed by atoms with E-state index in [0.717, 1.165) is 19.3 Å². The minimum atomic E-state index is -0.0438. The zero-order chi connectivity index (χ0) is 9.68. The number of hydrogen-bond acceptors (Lipinski definition) is 3. The summed E-state index contributed by atoms with van der Waals surface area (Å²) >= 11 is 0. The van der Waals surface area contributed by atoms with Crippen molar-refractivity contribution >= 4 is 5.97 Å². The van der Waals surface area contributed by atoms with Crippen LogP contribution in [0.25, 0.3) is 0 Å². The van der Waals surface area contributed by atoms with Crippen LogP contribution in [0, 0.1) is 11.8 Å². The highest BCUT2D eigenvalue weighted by atomic mass is 16.5. The highest BCUT2D eigenvalue weighted by Gasteiger charge is 2.30. The summed E-state index contributed by atoms with van der Waals surface area (Å²) in [4.78, 5) is 11.5. The van der Waals surface area contributed by atoms with Crippen LogP contribution in [0.15, 0.2) is 0 Å². The number of carbonyl (C=O) groups is 1. The molecule has 0 aromatic carbocycles. The molecule has 1 rings (SSSR count). The van der Waals surface area contributed by atoms with Crippen LogP contribution in [0.4, 0.5) is 0 Å². The van der Waals surface area contributed by atoms with Gasteiger partial charge in [-0.15, -0.1) is 0 Å². The Kier molecular flexibility index (Phi) is 4.22. The van der Waals surface area contributed by atoms with E-state index in [1.54, 1.807) is 0 Å². The molecule has 0 spiro atoms. The van der Waals surface area contributed by atoms with Gasteiger partial charge in [0.1, 0.15) is 0 Å². The summed E-state index contributed by atoms with van der Waals surface area (Å²) in [6.07, 6.45) is 4.39. The van der Waals surface area contributed by atoms with Crippen LogP contribution in [0.2, 0.25) is 0 Å². The van der Waals surface area contributed by atoms with Crippen LogP contribution >= 0.6 is 0 Å². The van der Waals surface area contributed by atoms with Gasteiger partial charge in [-0.05, 0) is 32.2 Å². The van der Waals surface area contributed by atoms with Gasteiger partial charge >= 0.3 is 5.97 Å². The van der Waals surface area contributed by atoms with Gasteiger partial charge in [-0.3, -0.25) is 4.79 Å². The zero-order valence-corrected chi connectivity index (χ0v) is 8.29. The van der Waals surface area contributed by atoms with E-state index in [1.165, 1.54) is 6.42 Å². The molecule has 0 aliphatic heterocycles. The Morgan fingerprint density at radius 2 is 2.15 bits per heavy atom. The summed E-state index contributed by atoms with van der Waals surface area (Å²) in [6.45, 7) is 2.94. The fraction of sp³-hybridized carbons (Fsp3) is 0.900. The van der Waals surface area contributed by atoms with Crippen LogP contribution in [0.3, 0.4) is 0 Å². The molecule has 3 heteroatoms. The lowest BCUT2D eigenvalue weighted by atomic mass is 9.79. The van der Waals surface area contributed by atoms with Gasteiger partial charge in [-0.25, -0.2) is 0 Å². The number of esters is 1. The van der Waals surface area contributed by atoms with Gasteiger partial charge in [0.25, 0.3) is 0 Å². The molecular weight excluding hydrogens is 166 g/mol. The first-order valence-electron chi connectivity index (χ1n) is 5.16.